The number of anilines is 2. The number of nitrogens with two attached hydrogens (primary N) is 1. The van der Waals surface area contributed by atoms with E-state index < -0.39 is 0 Å². The average Bonchev–Trinajstić information content (AvgIpc) is 3.29. The van der Waals surface area contributed by atoms with Crippen molar-refractivity contribution in [2.24, 2.45) is 0 Å². The summed E-state index contributed by atoms with van der Waals surface area (Å²) in [5.41, 5.74) is 12.7. The minimum Gasteiger partial charge on any atom is -0.399 e. The van der Waals surface area contributed by atoms with Gasteiger partial charge >= 0.3 is 6.03 Å². The van der Waals surface area contributed by atoms with Crippen molar-refractivity contribution in [3.63, 3.8) is 0 Å². The quantitative estimate of drug-likeness (QED) is 0.343. The molecule has 2 aromatic carbocycles. The first-order valence-corrected chi connectivity index (χ1v) is 13.4. The SMILES string of the molecule is Cc1nccn1CC1=Cc2cc(Cl)ccc2C(N2CCN(C(=O)Nc3ccc(N)cc3)CC2)c2ncccc21. The number of piperazine rings is 1. The van der Waals surface area contributed by atoms with Gasteiger partial charge in [-0.25, -0.2) is 9.78 Å². The molecule has 0 saturated carbocycles. The van der Waals surface area contributed by atoms with E-state index in [0.29, 0.717) is 43.4 Å². The molecule has 0 spiro atoms. The van der Waals surface area contributed by atoms with E-state index >= 15 is 0 Å². The highest BCUT2D eigenvalue weighted by atomic mass is 35.5. The van der Waals surface area contributed by atoms with E-state index in [2.05, 4.69) is 38.0 Å². The summed E-state index contributed by atoms with van der Waals surface area (Å²) in [7, 11) is 0. The van der Waals surface area contributed by atoms with Crippen LogP contribution >= 0.6 is 11.6 Å². The van der Waals surface area contributed by atoms with Crippen LogP contribution in [0.2, 0.25) is 5.02 Å². The zero-order valence-corrected chi connectivity index (χ0v) is 22.5. The molecule has 2 amide bonds. The number of aromatic nitrogens is 3. The van der Waals surface area contributed by atoms with E-state index in [1.165, 1.54) is 0 Å². The van der Waals surface area contributed by atoms with Gasteiger partial charge in [-0.15, -0.1) is 0 Å². The van der Waals surface area contributed by atoms with Gasteiger partial charge in [-0.3, -0.25) is 9.88 Å². The number of hydrogen-bond acceptors (Lipinski definition) is 5. The Morgan fingerprint density at radius 1 is 1.05 bits per heavy atom. The highest BCUT2D eigenvalue weighted by Crippen LogP contribution is 2.40. The summed E-state index contributed by atoms with van der Waals surface area (Å²) in [6, 6.07) is 17.3. The number of halogens is 1. The van der Waals surface area contributed by atoms with Crippen LogP contribution in [-0.2, 0) is 6.54 Å². The van der Waals surface area contributed by atoms with Crippen LogP contribution in [0.25, 0.3) is 11.6 Å². The minimum absolute atomic E-state index is 0.0617. The lowest BCUT2D eigenvalue weighted by molar-refractivity contribution is 0.125. The van der Waals surface area contributed by atoms with E-state index in [9.17, 15) is 4.79 Å². The Balaban J connectivity index is 1.29. The van der Waals surface area contributed by atoms with Crippen LogP contribution in [0.15, 0.2) is 73.2 Å². The average molecular weight is 540 g/mol. The standard InChI is InChI=1S/C30H30ClN7O/c1-20-33-11-12-38(20)19-22-17-21-18-23(31)4-9-27(21)29(28-26(22)3-2-10-34-28)36-13-15-37(16-14-36)30(39)35-25-7-5-24(32)6-8-25/h2-12,17-18,29H,13-16,19,32H2,1H3,(H,35,39). The maximum Gasteiger partial charge on any atom is 0.321 e. The summed E-state index contributed by atoms with van der Waals surface area (Å²) in [4.78, 5) is 26.6. The zero-order valence-electron chi connectivity index (χ0n) is 21.7. The molecule has 1 unspecified atom stereocenters. The van der Waals surface area contributed by atoms with Gasteiger partial charge in [-0.2, -0.15) is 0 Å². The molecule has 198 valence electrons. The van der Waals surface area contributed by atoms with Crippen molar-refractivity contribution in [3.05, 3.63) is 106 Å². The Hall–Kier alpha value is -4.14. The maximum absolute atomic E-state index is 13.0. The van der Waals surface area contributed by atoms with Gasteiger partial charge in [0.1, 0.15) is 5.82 Å². The van der Waals surface area contributed by atoms with Gasteiger partial charge in [0.15, 0.2) is 0 Å². The van der Waals surface area contributed by atoms with Crippen LogP contribution in [0, 0.1) is 6.92 Å². The van der Waals surface area contributed by atoms with Crippen molar-refractivity contribution in [1.29, 1.82) is 0 Å². The molecule has 3 heterocycles. The fraction of sp³-hybridized carbons (Fsp3) is 0.233. The number of allylic oxidation sites excluding steroid dienone is 1. The molecule has 0 bridgehead atoms. The number of nitrogens with zero attached hydrogens (tertiary/aromatic N) is 5. The molecular weight excluding hydrogens is 510 g/mol. The third kappa shape index (κ3) is 5.13. The molecule has 3 N–H and O–H groups in total. The molecule has 8 nitrogen and oxygen atoms in total. The topological polar surface area (TPSA) is 92.3 Å². The Labute approximate surface area is 232 Å². The van der Waals surface area contributed by atoms with Gasteiger partial charge < -0.3 is 20.5 Å². The first-order chi connectivity index (χ1) is 19.0. The van der Waals surface area contributed by atoms with Crippen LogP contribution < -0.4 is 11.1 Å². The molecule has 1 aliphatic heterocycles. The summed E-state index contributed by atoms with van der Waals surface area (Å²) < 4.78 is 2.14. The number of hydrogen-bond donors (Lipinski definition) is 2. The Morgan fingerprint density at radius 2 is 1.85 bits per heavy atom. The lowest BCUT2D eigenvalue weighted by Crippen LogP contribution is -2.51. The number of benzene rings is 2. The first kappa shape index (κ1) is 25.2. The summed E-state index contributed by atoms with van der Waals surface area (Å²) in [6.07, 6.45) is 7.93. The van der Waals surface area contributed by atoms with Crippen molar-refractivity contribution < 1.29 is 4.79 Å². The highest BCUT2D eigenvalue weighted by molar-refractivity contribution is 6.30. The Kier molecular flexibility index (Phi) is 6.81. The lowest BCUT2D eigenvalue weighted by atomic mass is 9.95. The molecule has 1 fully saturated rings. The second kappa shape index (κ2) is 10.6. The van der Waals surface area contributed by atoms with E-state index in [0.717, 1.165) is 39.5 Å². The predicted octanol–water partition coefficient (Wildman–Crippen LogP) is 5.32. The van der Waals surface area contributed by atoms with Crippen LogP contribution in [0.5, 0.6) is 0 Å². The third-order valence-electron chi connectivity index (χ3n) is 7.51. The molecule has 1 atom stereocenters. The van der Waals surface area contributed by atoms with Crippen LogP contribution in [0.4, 0.5) is 16.2 Å². The fourth-order valence-corrected chi connectivity index (χ4v) is 5.63. The van der Waals surface area contributed by atoms with Gasteiger partial charge in [0.25, 0.3) is 0 Å². The molecule has 39 heavy (non-hydrogen) atoms. The second-order valence-electron chi connectivity index (χ2n) is 9.96. The predicted molar refractivity (Wildman–Crippen MR) is 155 cm³/mol. The number of fused-ring (bicyclic) bond motifs is 2. The van der Waals surface area contributed by atoms with Gasteiger partial charge in [0.2, 0.25) is 0 Å². The summed E-state index contributed by atoms with van der Waals surface area (Å²) in [5, 5.41) is 3.68. The number of pyridine rings is 1. The molecule has 6 rings (SSSR count). The normalized spacial score (nSPS) is 17.1. The van der Waals surface area contributed by atoms with E-state index in [1.807, 2.05) is 60.7 Å². The molecule has 0 radical (unpaired) electrons. The number of amides is 2. The number of nitrogens with one attached hydrogen (secondary N) is 1. The minimum atomic E-state index is -0.106. The van der Waals surface area contributed by atoms with Crippen molar-refractivity contribution in [1.82, 2.24) is 24.3 Å². The zero-order chi connectivity index (χ0) is 26.9. The number of carbonyl (C=O) groups is 1. The smallest absolute Gasteiger partial charge is 0.321 e. The second-order valence-corrected chi connectivity index (χ2v) is 10.4. The molecule has 9 heteroatoms. The van der Waals surface area contributed by atoms with Gasteiger partial charge in [0, 0.05) is 73.3 Å². The molecular formula is C30H30ClN7O. The summed E-state index contributed by atoms with van der Waals surface area (Å²) >= 11 is 6.49. The molecule has 1 aliphatic carbocycles. The third-order valence-corrected chi connectivity index (χ3v) is 7.74. The van der Waals surface area contributed by atoms with Crippen molar-refractivity contribution >= 4 is 40.7 Å². The number of rotatable bonds is 4. The van der Waals surface area contributed by atoms with Gasteiger partial charge in [0.05, 0.1) is 11.7 Å². The van der Waals surface area contributed by atoms with E-state index in [4.69, 9.17) is 22.3 Å². The number of imidazole rings is 1. The maximum atomic E-state index is 13.0. The van der Waals surface area contributed by atoms with Crippen LogP contribution in [0.3, 0.4) is 0 Å². The van der Waals surface area contributed by atoms with Gasteiger partial charge in [-0.1, -0.05) is 23.7 Å². The number of carbonyl (C=O) groups excluding carboxylic acids is 1. The van der Waals surface area contributed by atoms with Crippen molar-refractivity contribution in [2.75, 3.05) is 37.2 Å². The lowest BCUT2D eigenvalue weighted by Gasteiger charge is -2.39. The molecule has 1 saturated heterocycles. The molecule has 2 aromatic heterocycles. The fourth-order valence-electron chi connectivity index (χ4n) is 5.45. The molecule has 2 aliphatic rings. The van der Waals surface area contributed by atoms with Crippen molar-refractivity contribution in [3.8, 4) is 0 Å². The van der Waals surface area contributed by atoms with E-state index in [-0.39, 0.29) is 12.1 Å². The summed E-state index contributed by atoms with van der Waals surface area (Å²) in [6.45, 7) is 5.34. The van der Waals surface area contributed by atoms with Crippen LogP contribution in [0.1, 0.15) is 34.3 Å². The monoisotopic (exact) mass is 539 g/mol. The summed E-state index contributed by atoms with van der Waals surface area (Å²) in [5.74, 6) is 0.960. The highest BCUT2D eigenvalue weighted by Gasteiger charge is 2.33. The number of aryl methyl sites for hydroxylation is 1. The van der Waals surface area contributed by atoms with Crippen molar-refractivity contribution in [2.45, 2.75) is 19.5 Å². The molecule has 4 aromatic rings. The van der Waals surface area contributed by atoms with Gasteiger partial charge in [-0.05, 0) is 72.2 Å². The van der Waals surface area contributed by atoms with Crippen LogP contribution in [-0.4, -0.2) is 56.5 Å². The number of nitrogen functional groups attached to an aromatic ring is 1. The Morgan fingerprint density at radius 3 is 2.59 bits per heavy atom. The largest absolute Gasteiger partial charge is 0.399 e. The first-order valence-electron chi connectivity index (χ1n) is 13.0. The van der Waals surface area contributed by atoms with E-state index in [1.54, 1.807) is 12.1 Å². The Bertz CT molecular complexity index is 1540. The number of urea groups is 1.